The summed E-state index contributed by atoms with van der Waals surface area (Å²) in [6.07, 6.45) is -0.957. The number of aryl methyl sites for hydroxylation is 1. The molecule has 0 saturated heterocycles. The van der Waals surface area contributed by atoms with Crippen molar-refractivity contribution in [2.45, 2.75) is 20.0 Å². The van der Waals surface area contributed by atoms with E-state index in [0.717, 1.165) is 16.3 Å². The number of carbonyl (C=O) groups is 2. The third kappa shape index (κ3) is 4.08. The van der Waals surface area contributed by atoms with Gasteiger partial charge in [0.05, 0.1) is 7.11 Å². The summed E-state index contributed by atoms with van der Waals surface area (Å²) in [7, 11) is 1.48. The maximum atomic E-state index is 12.5. The van der Waals surface area contributed by atoms with Crippen molar-refractivity contribution < 1.29 is 19.1 Å². The van der Waals surface area contributed by atoms with Gasteiger partial charge in [-0.2, -0.15) is 0 Å². The second-order valence-electron chi connectivity index (χ2n) is 6.27. The predicted molar refractivity (Wildman–Crippen MR) is 105 cm³/mol. The average molecular weight is 363 g/mol. The molecule has 0 fully saturated rings. The Balaban J connectivity index is 1.74. The monoisotopic (exact) mass is 363 g/mol. The fourth-order valence-electron chi connectivity index (χ4n) is 2.83. The summed E-state index contributed by atoms with van der Waals surface area (Å²) in [4.78, 5) is 25.0. The number of amides is 1. The summed E-state index contributed by atoms with van der Waals surface area (Å²) in [6.45, 7) is 3.41. The van der Waals surface area contributed by atoms with E-state index < -0.39 is 18.0 Å². The van der Waals surface area contributed by atoms with E-state index >= 15 is 0 Å². The standard InChI is InChI=1S/C22H21NO4/c1-14-11-12-20(26-3)18(13-14)22(25)27-15(2)21(24)23-19-10-6-8-16-7-4-5-9-17(16)19/h4-13,15H,1-3H3,(H,23,24)/t15-/m0/s1. The number of fused-ring (bicyclic) bond motifs is 1. The third-order valence-electron chi connectivity index (χ3n) is 4.28. The molecule has 1 amide bonds. The van der Waals surface area contributed by atoms with E-state index in [0.29, 0.717) is 17.0 Å². The lowest BCUT2D eigenvalue weighted by atomic mass is 10.1. The van der Waals surface area contributed by atoms with Gasteiger partial charge in [0.25, 0.3) is 5.91 Å². The van der Waals surface area contributed by atoms with Crippen molar-refractivity contribution in [3.05, 3.63) is 71.8 Å². The van der Waals surface area contributed by atoms with Crippen LogP contribution in [0.4, 0.5) is 5.69 Å². The first-order valence-corrected chi connectivity index (χ1v) is 8.64. The summed E-state index contributed by atoms with van der Waals surface area (Å²) in [5.41, 5.74) is 1.87. The van der Waals surface area contributed by atoms with Crippen molar-refractivity contribution >= 4 is 28.3 Å². The minimum atomic E-state index is -0.957. The van der Waals surface area contributed by atoms with Gasteiger partial charge in [-0.3, -0.25) is 4.79 Å². The van der Waals surface area contributed by atoms with Crippen molar-refractivity contribution in [3.63, 3.8) is 0 Å². The highest BCUT2D eigenvalue weighted by Gasteiger charge is 2.22. The molecule has 3 rings (SSSR count). The van der Waals surface area contributed by atoms with Gasteiger partial charge in [0, 0.05) is 11.1 Å². The number of esters is 1. The zero-order valence-corrected chi connectivity index (χ0v) is 15.5. The number of methoxy groups -OCH3 is 1. The molecular formula is C22H21NO4. The van der Waals surface area contributed by atoms with Gasteiger partial charge in [0.2, 0.25) is 0 Å². The highest BCUT2D eigenvalue weighted by atomic mass is 16.5. The molecule has 138 valence electrons. The Morgan fingerprint density at radius 1 is 1.00 bits per heavy atom. The maximum absolute atomic E-state index is 12.5. The molecule has 0 bridgehead atoms. The Kier molecular flexibility index (Phi) is 5.41. The van der Waals surface area contributed by atoms with Crippen LogP contribution in [0.1, 0.15) is 22.8 Å². The van der Waals surface area contributed by atoms with Crippen LogP contribution in [0.5, 0.6) is 5.75 Å². The van der Waals surface area contributed by atoms with Crippen LogP contribution in [0, 0.1) is 6.92 Å². The largest absolute Gasteiger partial charge is 0.496 e. The number of hydrogen-bond donors (Lipinski definition) is 1. The fourth-order valence-corrected chi connectivity index (χ4v) is 2.83. The Morgan fingerprint density at radius 2 is 1.74 bits per heavy atom. The van der Waals surface area contributed by atoms with E-state index in [1.807, 2.05) is 55.5 Å². The first-order chi connectivity index (χ1) is 13.0. The molecule has 5 heteroatoms. The van der Waals surface area contributed by atoms with E-state index in [1.54, 1.807) is 19.1 Å². The minimum Gasteiger partial charge on any atom is -0.496 e. The molecule has 0 aliphatic heterocycles. The van der Waals surface area contributed by atoms with Crippen molar-refractivity contribution in [1.82, 2.24) is 0 Å². The molecule has 0 aromatic heterocycles. The van der Waals surface area contributed by atoms with Gasteiger partial charge in [0.1, 0.15) is 11.3 Å². The van der Waals surface area contributed by atoms with Crippen LogP contribution in [-0.4, -0.2) is 25.1 Å². The normalized spacial score (nSPS) is 11.7. The molecule has 0 unspecified atom stereocenters. The lowest BCUT2D eigenvalue weighted by Crippen LogP contribution is -2.30. The van der Waals surface area contributed by atoms with Gasteiger partial charge in [-0.25, -0.2) is 4.79 Å². The molecule has 0 saturated carbocycles. The smallest absolute Gasteiger partial charge is 0.342 e. The Bertz CT molecular complexity index is 991. The van der Waals surface area contributed by atoms with E-state index in [1.165, 1.54) is 7.11 Å². The average Bonchev–Trinajstić information content (AvgIpc) is 2.68. The fraction of sp³-hybridized carbons (Fsp3) is 0.182. The third-order valence-corrected chi connectivity index (χ3v) is 4.28. The number of carbonyl (C=O) groups excluding carboxylic acids is 2. The number of benzene rings is 3. The number of nitrogens with one attached hydrogen (secondary N) is 1. The van der Waals surface area contributed by atoms with Gasteiger partial charge < -0.3 is 14.8 Å². The van der Waals surface area contributed by atoms with Gasteiger partial charge in [-0.05, 0) is 37.4 Å². The van der Waals surface area contributed by atoms with Gasteiger partial charge in [-0.15, -0.1) is 0 Å². The molecule has 0 aliphatic rings. The minimum absolute atomic E-state index is 0.294. The molecule has 5 nitrogen and oxygen atoms in total. The second kappa shape index (κ2) is 7.91. The van der Waals surface area contributed by atoms with E-state index in [4.69, 9.17) is 9.47 Å². The zero-order valence-electron chi connectivity index (χ0n) is 15.5. The highest BCUT2D eigenvalue weighted by molar-refractivity contribution is 6.04. The van der Waals surface area contributed by atoms with Crippen LogP contribution < -0.4 is 10.1 Å². The molecular weight excluding hydrogens is 342 g/mol. The molecule has 27 heavy (non-hydrogen) atoms. The molecule has 0 radical (unpaired) electrons. The summed E-state index contributed by atoms with van der Waals surface area (Å²) < 4.78 is 10.6. The zero-order chi connectivity index (χ0) is 19.4. The van der Waals surface area contributed by atoms with Crippen molar-refractivity contribution in [3.8, 4) is 5.75 Å². The van der Waals surface area contributed by atoms with Crippen LogP contribution in [0.3, 0.4) is 0 Å². The van der Waals surface area contributed by atoms with E-state index in [-0.39, 0.29) is 0 Å². The Morgan fingerprint density at radius 3 is 2.52 bits per heavy atom. The Hall–Kier alpha value is -3.34. The van der Waals surface area contributed by atoms with Crippen LogP contribution in [-0.2, 0) is 9.53 Å². The van der Waals surface area contributed by atoms with Gasteiger partial charge >= 0.3 is 5.97 Å². The maximum Gasteiger partial charge on any atom is 0.342 e. The van der Waals surface area contributed by atoms with Crippen molar-refractivity contribution in [2.75, 3.05) is 12.4 Å². The highest BCUT2D eigenvalue weighted by Crippen LogP contribution is 2.24. The molecule has 0 spiro atoms. The number of rotatable bonds is 5. The van der Waals surface area contributed by atoms with Gasteiger partial charge in [-0.1, -0.05) is 48.0 Å². The van der Waals surface area contributed by atoms with E-state index in [9.17, 15) is 9.59 Å². The van der Waals surface area contributed by atoms with Crippen LogP contribution >= 0.6 is 0 Å². The van der Waals surface area contributed by atoms with Crippen molar-refractivity contribution in [2.24, 2.45) is 0 Å². The quantitative estimate of drug-likeness (QED) is 0.685. The molecule has 1 atom stereocenters. The number of anilines is 1. The summed E-state index contributed by atoms with van der Waals surface area (Å²) in [5.74, 6) is -0.588. The second-order valence-corrected chi connectivity index (χ2v) is 6.27. The Labute approximate surface area is 157 Å². The van der Waals surface area contributed by atoms with Gasteiger partial charge in [0.15, 0.2) is 6.10 Å². The SMILES string of the molecule is COc1ccc(C)cc1C(=O)O[C@@H](C)C(=O)Nc1cccc2ccccc12. The van der Waals surface area contributed by atoms with Crippen molar-refractivity contribution in [1.29, 1.82) is 0 Å². The topological polar surface area (TPSA) is 64.6 Å². The lowest BCUT2D eigenvalue weighted by Gasteiger charge is -2.16. The summed E-state index contributed by atoms with van der Waals surface area (Å²) in [6, 6.07) is 18.6. The van der Waals surface area contributed by atoms with Crippen LogP contribution in [0.15, 0.2) is 60.7 Å². The number of hydrogen-bond acceptors (Lipinski definition) is 4. The summed E-state index contributed by atoms with van der Waals surface area (Å²) >= 11 is 0. The molecule has 3 aromatic rings. The molecule has 3 aromatic carbocycles. The lowest BCUT2D eigenvalue weighted by molar-refractivity contribution is -0.123. The number of ether oxygens (including phenoxy) is 2. The molecule has 0 aliphatic carbocycles. The predicted octanol–water partition coefficient (Wildman–Crippen LogP) is 4.34. The first kappa shape index (κ1) is 18.5. The first-order valence-electron chi connectivity index (χ1n) is 8.64. The molecule has 0 heterocycles. The summed E-state index contributed by atoms with van der Waals surface area (Å²) in [5, 5.41) is 4.78. The van der Waals surface area contributed by atoms with E-state index in [2.05, 4.69) is 5.32 Å². The van der Waals surface area contributed by atoms with Crippen LogP contribution in [0.2, 0.25) is 0 Å². The molecule has 1 N–H and O–H groups in total. The van der Waals surface area contributed by atoms with Crippen LogP contribution in [0.25, 0.3) is 10.8 Å².